The van der Waals surface area contributed by atoms with Gasteiger partial charge in [0.1, 0.15) is 10.7 Å². The Bertz CT molecular complexity index is 650. The molecule has 2 aromatic rings. The molecule has 2 rings (SSSR count). The summed E-state index contributed by atoms with van der Waals surface area (Å²) in [7, 11) is -4.08. The van der Waals surface area contributed by atoms with Gasteiger partial charge in [-0.2, -0.15) is 8.42 Å². The van der Waals surface area contributed by atoms with Crippen molar-refractivity contribution in [3.05, 3.63) is 54.3 Å². The van der Waals surface area contributed by atoms with Crippen LogP contribution in [-0.2, 0) is 10.1 Å². The smallest absolute Gasteiger partial charge is 0.339 e. The molecular weight excluding hydrogens is 259 g/mol. The number of halogens is 1. The van der Waals surface area contributed by atoms with Crippen LogP contribution in [0.5, 0.6) is 11.5 Å². The molecule has 0 aliphatic rings. The van der Waals surface area contributed by atoms with Gasteiger partial charge in [0.05, 0.1) is 0 Å². The van der Waals surface area contributed by atoms with Crippen LogP contribution in [0.1, 0.15) is 0 Å². The van der Waals surface area contributed by atoms with Gasteiger partial charge in [-0.15, -0.1) is 0 Å². The van der Waals surface area contributed by atoms with Gasteiger partial charge in [0, 0.05) is 0 Å². The van der Waals surface area contributed by atoms with Crippen molar-refractivity contribution in [1.29, 1.82) is 0 Å². The van der Waals surface area contributed by atoms with Crippen LogP contribution in [0.3, 0.4) is 0 Å². The highest BCUT2D eigenvalue weighted by Crippen LogP contribution is 2.27. The van der Waals surface area contributed by atoms with Crippen molar-refractivity contribution in [2.45, 2.75) is 4.90 Å². The zero-order valence-corrected chi connectivity index (χ0v) is 9.89. The molecule has 4 nitrogen and oxygen atoms in total. The molecule has 0 bridgehead atoms. The van der Waals surface area contributed by atoms with Crippen LogP contribution in [-0.4, -0.2) is 13.5 Å². The van der Waals surface area contributed by atoms with E-state index in [4.69, 9.17) is 4.18 Å². The predicted octanol–water partition coefficient (Wildman–Crippen LogP) is 2.30. The topological polar surface area (TPSA) is 63.6 Å². The van der Waals surface area contributed by atoms with Crippen molar-refractivity contribution in [3.8, 4) is 11.5 Å². The zero-order chi connectivity index (χ0) is 13.2. The summed E-state index contributed by atoms with van der Waals surface area (Å²) in [5.74, 6) is -1.01. The van der Waals surface area contributed by atoms with E-state index >= 15 is 0 Å². The summed E-state index contributed by atoms with van der Waals surface area (Å²) in [6.45, 7) is 0. The van der Waals surface area contributed by atoms with Gasteiger partial charge < -0.3 is 9.29 Å². The Morgan fingerprint density at radius 3 is 2.22 bits per heavy atom. The average molecular weight is 268 g/mol. The normalized spacial score (nSPS) is 11.2. The average Bonchev–Trinajstić information content (AvgIpc) is 2.32. The first-order valence-corrected chi connectivity index (χ1v) is 6.38. The van der Waals surface area contributed by atoms with E-state index in [0.29, 0.717) is 0 Å². The van der Waals surface area contributed by atoms with Gasteiger partial charge in [-0.1, -0.05) is 12.1 Å². The largest absolute Gasteiger partial charge is 0.504 e. The summed E-state index contributed by atoms with van der Waals surface area (Å²) >= 11 is 0. The SMILES string of the molecule is O=S(=O)(Oc1ccccc1O)c1ccc(F)cc1. The molecule has 94 valence electrons. The number of phenols is 1. The predicted molar refractivity (Wildman–Crippen MR) is 62.3 cm³/mol. The Hall–Kier alpha value is -2.08. The molecule has 18 heavy (non-hydrogen) atoms. The summed E-state index contributed by atoms with van der Waals surface area (Å²) in [6.07, 6.45) is 0. The number of benzene rings is 2. The fourth-order valence-corrected chi connectivity index (χ4v) is 2.24. The Morgan fingerprint density at radius 1 is 1.00 bits per heavy atom. The monoisotopic (exact) mass is 268 g/mol. The van der Waals surface area contributed by atoms with Gasteiger partial charge in [0.15, 0.2) is 11.5 Å². The minimum atomic E-state index is -4.08. The second-order valence-electron chi connectivity index (χ2n) is 3.46. The Kier molecular flexibility index (Phi) is 3.20. The number of hydrogen-bond acceptors (Lipinski definition) is 4. The third kappa shape index (κ3) is 2.60. The van der Waals surface area contributed by atoms with Crippen LogP contribution < -0.4 is 4.18 Å². The van der Waals surface area contributed by atoms with E-state index < -0.39 is 15.9 Å². The van der Waals surface area contributed by atoms with Gasteiger partial charge >= 0.3 is 10.1 Å². The van der Waals surface area contributed by atoms with Crippen molar-refractivity contribution in [1.82, 2.24) is 0 Å². The first-order valence-electron chi connectivity index (χ1n) is 4.97. The number of hydrogen-bond donors (Lipinski definition) is 1. The maximum absolute atomic E-state index is 12.7. The maximum Gasteiger partial charge on any atom is 0.339 e. The fraction of sp³-hybridized carbons (Fsp3) is 0. The lowest BCUT2D eigenvalue weighted by Gasteiger charge is -2.07. The summed E-state index contributed by atoms with van der Waals surface area (Å²) in [4.78, 5) is -0.188. The summed E-state index contributed by atoms with van der Waals surface area (Å²) < 4.78 is 41.1. The molecule has 0 amide bonds. The minimum absolute atomic E-state index is 0.179. The molecule has 0 aliphatic heterocycles. The zero-order valence-electron chi connectivity index (χ0n) is 9.08. The highest BCUT2D eigenvalue weighted by molar-refractivity contribution is 7.87. The maximum atomic E-state index is 12.7. The van der Waals surface area contributed by atoms with Crippen LogP contribution in [0.15, 0.2) is 53.4 Å². The Labute approximate surface area is 103 Å². The molecular formula is C12H9FO4S. The number of aromatic hydroxyl groups is 1. The molecule has 0 aliphatic carbocycles. The molecule has 2 aromatic carbocycles. The molecule has 0 saturated heterocycles. The minimum Gasteiger partial charge on any atom is -0.504 e. The van der Waals surface area contributed by atoms with Gasteiger partial charge in [-0.05, 0) is 36.4 Å². The molecule has 0 unspecified atom stereocenters. The van der Waals surface area contributed by atoms with Gasteiger partial charge in [-0.3, -0.25) is 0 Å². The van der Waals surface area contributed by atoms with Gasteiger partial charge in [0.2, 0.25) is 0 Å². The van der Waals surface area contributed by atoms with Crippen LogP contribution >= 0.6 is 0 Å². The Morgan fingerprint density at radius 2 is 1.61 bits per heavy atom. The van der Waals surface area contributed by atoms with Crippen molar-refractivity contribution in [2.75, 3.05) is 0 Å². The summed E-state index contributed by atoms with van der Waals surface area (Å²) in [5.41, 5.74) is 0. The highest BCUT2D eigenvalue weighted by Gasteiger charge is 2.18. The summed E-state index contributed by atoms with van der Waals surface area (Å²) in [5, 5.41) is 9.42. The van der Waals surface area contributed by atoms with E-state index in [1.807, 2.05) is 0 Å². The summed E-state index contributed by atoms with van der Waals surface area (Å²) in [6, 6.07) is 9.88. The van der Waals surface area contributed by atoms with Gasteiger partial charge in [-0.25, -0.2) is 4.39 Å². The quantitative estimate of drug-likeness (QED) is 0.867. The van der Waals surface area contributed by atoms with Crippen LogP contribution in [0.4, 0.5) is 4.39 Å². The van der Waals surface area contributed by atoms with Gasteiger partial charge in [0.25, 0.3) is 0 Å². The lowest BCUT2D eigenvalue weighted by atomic mass is 10.3. The van der Waals surface area contributed by atoms with Crippen LogP contribution in [0, 0.1) is 5.82 Å². The number of para-hydroxylation sites is 2. The first-order chi connectivity index (χ1) is 8.49. The molecule has 0 saturated carbocycles. The van der Waals surface area contributed by atoms with Crippen molar-refractivity contribution in [3.63, 3.8) is 0 Å². The van der Waals surface area contributed by atoms with E-state index in [2.05, 4.69) is 0 Å². The number of phenolic OH excluding ortho intramolecular Hbond substituents is 1. The molecule has 0 radical (unpaired) electrons. The van der Waals surface area contributed by atoms with E-state index in [1.54, 1.807) is 0 Å². The highest BCUT2D eigenvalue weighted by atomic mass is 32.2. The lowest BCUT2D eigenvalue weighted by Crippen LogP contribution is -2.09. The molecule has 6 heteroatoms. The molecule has 0 fully saturated rings. The molecule has 1 N–H and O–H groups in total. The van der Waals surface area contributed by atoms with E-state index in [-0.39, 0.29) is 16.4 Å². The molecule has 0 aromatic heterocycles. The van der Waals surface area contributed by atoms with E-state index in [9.17, 15) is 17.9 Å². The molecule has 0 spiro atoms. The lowest BCUT2D eigenvalue weighted by molar-refractivity contribution is 0.428. The third-order valence-corrected chi connectivity index (χ3v) is 3.42. The van der Waals surface area contributed by atoms with Crippen molar-refractivity contribution >= 4 is 10.1 Å². The van der Waals surface area contributed by atoms with E-state index in [0.717, 1.165) is 24.3 Å². The Balaban J connectivity index is 2.33. The van der Waals surface area contributed by atoms with Crippen LogP contribution in [0.25, 0.3) is 0 Å². The fourth-order valence-electron chi connectivity index (χ4n) is 1.30. The second kappa shape index (κ2) is 4.66. The number of rotatable bonds is 3. The third-order valence-electron chi connectivity index (χ3n) is 2.17. The standard InChI is InChI=1S/C12H9FO4S/c13-9-5-7-10(8-6-9)18(15,16)17-12-4-2-1-3-11(12)14/h1-8,14H. The molecule has 0 heterocycles. The van der Waals surface area contributed by atoms with Crippen LogP contribution in [0.2, 0.25) is 0 Å². The van der Waals surface area contributed by atoms with Crippen molar-refractivity contribution < 1.29 is 22.1 Å². The second-order valence-corrected chi connectivity index (χ2v) is 5.01. The van der Waals surface area contributed by atoms with E-state index in [1.165, 1.54) is 24.3 Å². The molecule has 0 atom stereocenters. The first kappa shape index (κ1) is 12.4. The van der Waals surface area contributed by atoms with Crippen molar-refractivity contribution in [2.24, 2.45) is 0 Å².